The van der Waals surface area contributed by atoms with E-state index in [4.69, 9.17) is 4.43 Å². The van der Waals surface area contributed by atoms with E-state index < -0.39 is 60.3 Å². The van der Waals surface area contributed by atoms with Gasteiger partial charge < -0.3 is 24.9 Å². The maximum atomic E-state index is 13.2. The average Bonchev–Trinajstić information content (AvgIpc) is 3.08. The standard InChI is InChI=1S/C26H42O6Si/c1-14-10-18-24(29,20(14)27)12-16(13-32-33(8,9)22(3,4)5)11-17-19-23(6,7)26(19,31)21(28)15(2)25(17,18)30/h10-11,14-15,17,19,21,28-31H,12-13H2,1-9H3/t14?,15-,17+,19-,21-,24-,25-,26-/m1/s1. The lowest BCUT2D eigenvalue weighted by Crippen LogP contribution is -2.61. The normalized spacial score (nSPS) is 46.6. The summed E-state index contributed by atoms with van der Waals surface area (Å²) in [5, 5.41) is 46.7. The Hall–Kier alpha value is -0.833. The number of carbonyl (C=O) groups excluding carboxylic acids is 1. The van der Waals surface area contributed by atoms with Crippen molar-refractivity contribution < 1.29 is 29.6 Å². The number of aliphatic hydroxyl groups excluding tert-OH is 1. The molecule has 2 saturated carbocycles. The van der Waals surface area contributed by atoms with Gasteiger partial charge in [-0.25, -0.2) is 0 Å². The second-order valence-corrected chi connectivity index (χ2v) is 18.1. The van der Waals surface area contributed by atoms with Crippen LogP contribution in [0.5, 0.6) is 0 Å². The highest BCUT2D eigenvalue weighted by Crippen LogP contribution is 2.74. The van der Waals surface area contributed by atoms with E-state index in [1.807, 2.05) is 19.9 Å². The van der Waals surface area contributed by atoms with Crippen LogP contribution in [0.25, 0.3) is 0 Å². The van der Waals surface area contributed by atoms with Crippen LogP contribution in [0.3, 0.4) is 0 Å². The Kier molecular flexibility index (Phi) is 5.27. The number of fused-ring (bicyclic) bond motifs is 5. The Morgan fingerprint density at radius 1 is 1.12 bits per heavy atom. The van der Waals surface area contributed by atoms with Gasteiger partial charge in [0.05, 0.1) is 12.7 Å². The first kappa shape index (κ1) is 25.3. The van der Waals surface area contributed by atoms with E-state index in [0.717, 1.165) is 5.57 Å². The van der Waals surface area contributed by atoms with E-state index in [1.54, 1.807) is 19.9 Å². The van der Waals surface area contributed by atoms with Crippen LogP contribution in [0.2, 0.25) is 18.1 Å². The van der Waals surface area contributed by atoms with Crippen molar-refractivity contribution >= 4 is 14.1 Å². The van der Waals surface area contributed by atoms with Gasteiger partial charge in [0.1, 0.15) is 11.2 Å². The fourth-order valence-corrected chi connectivity index (χ4v) is 7.76. The predicted octanol–water partition coefficient (Wildman–Crippen LogP) is 2.96. The molecule has 4 N–H and O–H groups in total. The first-order valence-electron chi connectivity index (χ1n) is 12.2. The molecule has 186 valence electrons. The lowest BCUT2D eigenvalue weighted by atomic mass is 9.61. The molecule has 0 saturated heterocycles. The summed E-state index contributed by atoms with van der Waals surface area (Å²) in [6.07, 6.45) is 2.51. The molecule has 0 bridgehead atoms. The van der Waals surface area contributed by atoms with Gasteiger partial charge in [-0.05, 0) is 29.3 Å². The molecule has 8 atom stereocenters. The molecule has 0 spiro atoms. The van der Waals surface area contributed by atoms with E-state index in [1.165, 1.54) is 0 Å². The third kappa shape index (κ3) is 2.99. The summed E-state index contributed by atoms with van der Waals surface area (Å²) in [6, 6.07) is 0. The molecule has 0 amide bonds. The molecule has 1 unspecified atom stereocenters. The third-order valence-electron chi connectivity index (χ3n) is 10.1. The molecule has 33 heavy (non-hydrogen) atoms. The zero-order chi connectivity index (χ0) is 25.2. The number of Topliss-reactive ketones (excluding diaryl/α,β-unsaturated/α-hetero) is 1. The van der Waals surface area contributed by atoms with E-state index in [0.29, 0.717) is 0 Å². The van der Waals surface area contributed by atoms with Gasteiger partial charge in [0.15, 0.2) is 19.7 Å². The molecule has 0 aromatic rings. The molecule has 0 aliphatic heterocycles. The van der Waals surface area contributed by atoms with Crippen LogP contribution in [0, 0.1) is 29.1 Å². The van der Waals surface area contributed by atoms with Crippen LogP contribution in [0.15, 0.2) is 23.3 Å². The van der Waals surface area contributed by atoms with Gasteiger partial charge in [-0.2, -0.15) is 0 Å². The van der Waals surface area contributed by atoms with Crippen molar-refractivity contribution in [2.75, 3.05) is 6.61 Å². The van der Waals surface area contributed by atoms with Crippen LogP contribution in [-0.2, 0) is 9.22 Å². The molecular formula is C26H42O6Si. The fraction of sp³-hybridized carbons (Fsp3) is 0.808. The number of aliphatic hydroxyl groups is 4. The van der Waals surface area contributed by atoms with Gasteiger partial charge in [-0.1, -0.05) is 60.6 Å². The molecular weight excluding hydrogens is 436 g/mol. The molecule has 0 radical (unpaired) electrons. The molecule has 2 fully saturated rings. The summed E-state index contributed by atoms with van der Waals surface area (Å²) in [4.78, 5) is 13.2. The maximum Gasteiger partial charge on any atom is 0.192 e. The second kappa shape index (κ2) is 6.89. The van der Waals surface area contributed by atoms with Crippen molar-refractivity contribution in [1.82, 2.24) is 0 Å². The van der Waals surface area contributed by atoms with Gasteiger partial charge >= 0.3 is 0 Å². The van der Waals surface area contributed by atoms with E-state index in [9.17, 15) is 25.2 Å². The molecule has 0 aromatic heterocycles. The van der Waals surface area contributed by atoms with E-state index >= 15 is 0 Å². The average molecular weight is 479 g/mol. The Morgan fingerprint density at radius 2 is 1.70 bits per heavy atom. The first-order chi connectivity index (χ1) is 14.8. The highest BCUT2D eigenvalue weighted by Gasteiger charge is 2.83. The minimum absolute atomic E-state index is 0.000874. The molecule has 6 nitrogen and oxygen atoms in total. The maximum absolute atomic E-state index is 13.2. The van der Waals surface area contributed by atoms with Crippen LogP contribution < -0.4 is 0 Å². The van der Waals surface area contributed by atoms with Crippen LogP contribution >= 0.6 is 0 Å². The number of hydrogen-bond acceptors (Lipinski definition) is 6. The third-order valence-corrected chi connectivity index (χ3v) is 14.6. The van der Waals surface area contributed by atoms with Gasteiger partial charge in [0.2, 0.25) is 0 Å². The SMILES string of the molecule is CC1C=C2[C@](O)(CC(CO[Si](C)(C)C(C)(C)C)=C[C@H]3[C@@H]4C(C)(C)[C@]4(O)[C@H](O)[C@@H](C)[C@]23O)C1=O. The number of hydrogen-bond donors (Lipinski definition) is 4. The summed E-state index contributed by atoms with van der Waals surface area (Å²) in [6.45, 7) is 18.3. The van der Waals surface area contributed by atoms with Crippen molar-refractivity contribution in [1.29, 1.82) is 0 Å². The predicted molar refractivity (Wildman–Crippen MR) is 129 cm³/mol. The topological polar surface area (TPSA) is 107 Å². The lowest BCUT2D eigenvalue weighted by molar-refractivity contribution is -0.165. The van der Waals surface area contributed by atoms with Crippen LogP contribution in [0.1, 0.15) is 54.9 Å². The molecule has 0 heterocycles. The molecule has 4 aliphatic rings. The monoisotopic (exact) mass is 478 g/mol. The van der Waals surface area contributed by atoms with Crippen molar-refractivity contribution in [2.45, 2.75) is 95.9 Å². The zero-order valence-electron chi connectivity index (χ0n) is 21.6. The Balaban J connectivity index is 1.84. The number of carbonyl (C=O) groups is 1. The molecule has 4 aliphatic carbocycles. The fourth-order valence-electron chi connectivity index (χ4n) is 6.78. The van der Waals surface area contributed by atoms with E-state index in [-0.39, 0.29) is 29.4 Å². The van der Waals surface area contributed by atoms with Crippen molar-refractivity contribution in [3.63, 3.8) is 0 Å². The Morgan fingerprint density at radius 3 is 2.24 bits per heavy atom. The Labute approximate surface area is 198 Å². The minimum atomic E-state index is -2.10. The van der Waals surface area contributed by atoms with Crippen molar-refractivity contribution in [3.8, 4) is 0 Å². The number of allylic oxidation sites excluding steroid dienone is 1. The van der Waals surface area contributed by atoms with E-state index in [2.05, 4.69) is 33.9 Å². The summed E-state index contributed by atoms with van der Waals surface area (Å²) in [5.41, 5.74) is -4.37. The molecule has 4 rings (SSSR count). The van der Waals surface area contributed by atoms with Gasteiger partial charge in [-0.15, -0.1) is 0 Å². The summed E-state index contributed by atoms with van der Waals surface area (Å²) < 4.78 is 6.47. The van der Waals surface area contributed by atoms with Crippen molar-refractivity contribution in [2.24, 2.45) is 29.1 Å². The summed E-state index contributed by atoms with van der Waals surface area (Å²) in [7, 11) is -2.10. The highest BCUT2D eigenvalue weighted by molar-refractivity contribution is 6.74. The van der Waals surface area contributed by atoms with Crippen molar-refractivity contribution in [3.05, 3.63) is 23.3 Å². The quantitative estimate of drug-likeness (QED) is 0.367. The van der Waals surface area contributed by atoms with Gasteiger partial charge in [0, 0.05) is 35.5 Å². The van der Waals surface area contributed by atoms with Gasteiger partial charge in [-0.3, -0.25) is 4.79 Å². The highest BCUT2D eigenvalue weighted by atomic mass is 28.4. The Bertz CT molecular complexity index is 945. The van der Waals surface area contributed by atoms with Gasteiger partial charge in [0.25, 0.3) is 0 Å². The molecule has 7 heteroatoms. The lowest BCUT2D eigenvalue weighted by Gasteiger charge is -2.49. The summed E-state index contributed by atoms with van der Waals surface area (Å²) in [5.74, 6) is -2.58. The molecule has 0 aromatic carbocycles. The number of rotatable bonds is 3. The van der Waals surface area contributed by atoms with Crippen LogP contribution in [0.4, 0.5) is 0 Å². The smallest absolute Gasteiger partial charge is 0.192 e. The largest absolute Gasteiger partial charge is 0.413 e. The first-order valence-corrected chi connectivity index (χ1v) is 15.1. The number of ketones is 1. The zero-order valence-corrected chi connectivity index (χ0v) is 22.6. The van der Waals surface area contributed by atoms with Crippen LogP contribution in [-0.4, -0.2) is 64.0 Å². The summed E-state index contributed by atoms with van der Waals surface area (Å²) >= 11 is 0. The minimum Gasteiger partial charge on any atom is -0.413 e. The second-order valence-electron chi connectivity index (χ2n) is 13.3.